The third-order valence-electron chi connectivity index (χ3n) is 2.55. The van der Waals surface area contributed by atoms with Gasteiger partial charge < -0.3 is 14.2 Å². The van der Waals surface area contributed by atoms with E-state index in [-0.39, 0.29) is 0 Å². The van der Waals surface area contributed by atoms with Gasteiger partial charge in [0.05, 0.1) is 7.11 Å². The van der Waals surface area contributed by atoms with Crippen molar-refractivity contribution in [1.82, 2.24) is 4.90 Å². The highest BCUT2D eigenvalue weighted by Gasteiger charge is 2.33. The fraction of sp³-hybridized carbons (Fsp3) is 0.364. The Morgan fingerprint density at radius 1 is 1.38 bits per heavy atom. The Kier molecular flexibility index (Phi) is 2.70. The molecule has 1 aromatic carbocycles. The van der Waals surface area contributed by atoms with Crippen LogP contribution < -0.4 is 9.47 Å². The molecule has 0 spiro atoms. The van der Waals surface area contributed by atoms with Gasteiger partial charge in [-0.2, -0.15) is 0 Å². The number of amides is 1. The van der Waals surface area contributed by atoms with E-state index in [4.69, 9.17) is 14.2 Å². The lowest BCUT2D eigenvalue weighted by Crippen LogP contribution is -2.38. The van der Waals surface area contributed by atoms with E-state index in [9.17, 15) is 4.79 Å². The van der Waals surface area contributed by atoms with Gasteiger partial charge in [0.2, 0.25) is 0 Å². The molecule has 0 fully saturated rings. The van der Waals surface area contributed by atoms with Crippen molar-refractivity contribution in [2.24, 2.45) is 0 Å². The zero-order chi connectivity index (χ0) is 11.7. The van der Waals surface area contributed by atoms with E-state index in [0.29, 0.717) is 11.5 Å². The van der Waals surface area contributed by atoms with Crippen LogP contribution in [0.15, 0.2) is 18.2 Å². The summed E-state index contributed by atoms with van der Waals surface area (Å²) in [5, 5.41) is 0. The number of methoxy groups -OCH3 is 2. The number of fused-ring (bicyclic) bond motifs is 1. The maximum Gasteiger partial charge on any atom is 0.417 e. The topological polar surface area (TPSA) is 48.0 Å². The van der Waals surface area contributed by atoms with E-state index < -0.39 is 12.3 Å². The Morgan fingerprint density at radius 3 is 2.75 bits per heavy atom. The molecule has 1 unspecified atom stereocenters. The first kappa shape index (κ1) is 10.8. The smallest absolute Gasteiger partial charge is 0.417 e. The fourth-order valence-electron chi connectivity index (χ4n) is 1.75. The first-order valence-corrected chi connectivity index (χ1v) is 4.83. The van der Waals surface area contributed by atoms with Gasteiger partial charge in [-0.15, -0.1) is 0 Å². The number of benzene rings is 1. The number of nitrogens with zero attached hydrogens (tertiary/aromatic N) is 1. The summed E-state index contributed by atoms with van der Waals surface area (Å²) in [6, 6.07) is 5.41. The molecule has 86 valence electrons. The molecule has 1 aromatic rings. The number of hydrogen-bond donors (Lipinski definition) is 0. The van der Waals surface area contributed by atoms with E-state index in [2.05, 4.69) is 0 Å². The molecule has 0 saturated heterocycles. The van der Waals surface area contributed by atoms with Crippen molar-refractivity contribution in [3.8, 4) is 11.5 Å². The Bertz CT molecular complexity index is 418. The molecule has 0 bridgehead atoms. The second-order valence-corrected chi connectivity index (χ2v) is 3.45. The quantitative estimate of drug-likeness (QED) is 0.766. The molecule has 0 radical (unpaired) electrons. The predicted octanol–water partition coefficient (Wildman–Crippen LogP) is 1.78. The molecule has 0 saturated carbocycles. The van der Waals surface area contributed by atoms with Crippen LogP contribution in [0.1, 0.15) is 11.8 Å². The highest BCUT2D eigenvalue weighted by Crippen LogP contribution is 2.40. The molecule has 0 aliphatic carbocycles. The van der Waals surface area contributed by atoms with Gasteiger partial charge >= 0.3 is 6.09 Å². The van der Waals surface area contributed by atoms with E-state index in [0.717, 1.165) is 5.56 Å². The lowest BCUT2D eigenvalue weighted by Gasteiger charge is -2.32. The van der Waals surface area contributed by atoms with Gasteiger partial charge in [0, 0.05) is 19.7 Å². The van der Waals surface area contributed by atoms with E-state index in [1.165, 1.54) is 12.0 Å². The standard InChI is InChI=1S/C11H13NO4/c1-12-10(15-3)7-5-4-6-8(14-2)9(7)16-11(12)13/h4-6,10H,1-3H3. The van der Waals surface area contributed by atoms with E-state index >= 15 is 0 Å². The summed E-state index contributed by atoms with van der Waals surface area (Å²) < 4.78 is 15.6. The molecule has 2 rings (SSSR count). The summed E-state index contributed by atoms with van der Waals surface area (Å²) in [4.78, 5) is 13.0. The lowest BCUT2D eigenvalue weighted by molar-refractivity contribution is -0.0206. The van der Waals surface area contributed by atoms with Crippen LogP contribution in [0.25, 0.3) is 0 Å². The first-order valence-electron chi connectivity index (χ1n) is 4.83. The predicted molar refractivity (Wildman–Crippen MR) is 56.5 cm³/mol. The number of carbonyl (C=O) groups excluding carboxylic acids is 1. The zero-order valence-electron chi connectivity index (χ0n) is 9.39. The SMILES string of the molecule is COc1cccc2c1OC(=O)N(C)C2OC. The summed E-state index contributed by atoms with van der Waals surface area (Å²) in [5.74, 6) is 0.959. The second-order valence-electron chi connectivity index (χ2n) is 3.45. The largest absolute Gasteiger partial charge is 0.493 e. The number of rotatable bonds is 2. The maximum atomic E-state index is 11.6. The van der Waals surface area contributed by atoms with Gasteiger partial charge in [0.25, 0.3) is 0 Å². The molecule has 1 atom stereocenters. The van der Waals surface area contributed by atoms with Crippen LogP contribution >= 0.6 is 0 Å². The number of hydrogen-bond acceptors (Lipinski definition) is 4. The minimum Gasteiger partial charge on any atom is -0.493 e. The summed E-state index contributed by atoms with van der Waals surface area (Å²) >= 11 is 0. The molecule has 1 heterocycles. The Balaban J connectivity index is 2.53. The average Bonchev–Trinajstić information content (AvgIpc) is 2.30. The third kappa shape index (κ3) is 1.49. The van der Waals surface area contributed by atoms with Gasteiger partial charge in [-0.3, -0.25) is 4.90 Å². The van der Waals surface area contributed by atoms with Crippen molar-refractivity contribution in [3.63, 3.8) is 0 Å². The molecular weight excluding hydrogens is 210 g/mol. The van der Waals surface area contributed by atoms with Gasteiger partial charge in [-0.25, -0.2) is 4.79 Å². The van der Waals surface area contributed by atoms with Crippen molar-refractivity contribution < 1.29 is 19.0 Å². The highest BCUT2D eigenvalue weighted by atomic mass is 16.6. The monoisotopic (exact) mass is 223 g/mol. The molecule has 5 nitrogen and oxygen atoms in total. The Labute approximate surface area is 93.5 Å². The van der Waals surface area contributed by atoms with Gasteiger partial charge in [-0.05, 0) is 6.07 Å². The fourth-order valence-corrected chi connectivity index (χ4v) is 1.75. The molecule has 0 aromatic heterocycles. The van der Waals surface area contributed by atoms with Crippen LogP contribution in [0, 0.1) is 0 Å². The number of ether oxygens (including phenoxy) is 3. The van der Waals surface area contributed by atoms with E-state index in [1.54, 1.807) is 20.2 Å². The van der Waals surface area contributed by atoms with Crippen molar-refractivity contribution in [1.29, 1.82) is 0 Å². The zero-order valence-corrected chi connectivity index (χ0v) is 9.39. The molecule has 5 heteroatoms. The van der Waals surface area contributed by atoms with Crippen LogP contribution in [-0.2, 0) is 4.74 Å². The van der Waals surface area contributed by atoms with Crippen molar-refractivity contribution in [2.75, 3.05) is 21.3 Å². The van der Waals surface area contributed by atoms with Crippen LogP contribution in [0.4, 0.5) is 4.79 Å². The van der Waals surface area contributed by atoms with E-state index in [1.807, 2.05) is 12.1 Å². The highest BCUT2D eigenvalue weighted by molar-refractivity contribution is 5.75. The molecule has 1 aliphatic rings. The van der Waals surface area contributed by atoms with Crippen LogP contribution in [-0.4, -0.2) is 32.3 Å². The summed E-state index contributed by atoms with van der Waals surface area (Å²) in [6.07, 6.45) is -0.893. The Hall–Kier alpha value is -1.75. The van der Waals surface area contributed by atoms with Crippen molar-refractivity contribution in [3.05, 3.63) is 23.8 Å². The summed E-state index contributed by atoms with van der Waals surface area (Å²) in [6.45, 7) is 0. The number of carbonyl (C=O) groups is 1. The van der Waals surface area contributed by atoms with Crippen molar-refractivity contribution >= 4 is 6.09 Å². The maximum absolute atomic E-state index is 11.6. The first-order chi connectivity index (χ1) is 7.69. The normalized spacial score (nSPS) is 19.1. The molecule has 16 heavy (non-hydrogen) atoms. The summed E-state index contributed by atoms with van der Waals surface area (Å²) in [5.41, 5.74) is 0.781. The van der Waals surface area contributed by atoms with Crippen LogP contribution in [0.3, 0.4) is 0 Å². The Morgan fingerprint density at radius 2 is 2.12 bits per heavy atom. The van der Waals surface area contributed by atoms with Crippen LogP contribution in [0.2, 0.25) is 0 Å². The van der Waals surface area contributed by atoms with Gasteiger partial charge in [0.15, 0.2) is 17.7 Å². The lowest BCUT2D eigenvalue weighted by atomic mass is 10.1. The average molecular weight is 223 g/mol. The van der Waals surface area contributed by atoms with Gasteiger partial charge in [-0.1, -0.05) is 12.1 Å². The number of para-hydroxylation sites is 1. The van der Waals surface area contributed by atoms with Crippen molar-refractivity contribution in [2.45, 2.75) is 6.23 Å². The molecule has 0 N–H and O–H groups in total. The van der Waals surface area contributed by atoms with Gasteiger partial charge in [0.1, 0.15) is 0 Å². The second kappa shape index (κ2) is 4.02. The summed E-state index contributed by atoms with van der Waals surface area (Å²) in [7, 11) is 4.70. The molecule has 1 amide bonds. The van der Waals surface area contributed by atoms with Crippen LogP contribution in [0.5, 0.6) is 11.5 Å². The minimum absolute atomic E-state index is 0.431. The molecular formula is C11H13NO4. The third-order valence-corrected chi connectivity index (χ3v) is 2.55. The minimum atomic E-state index is -0.455. The molecule has 1 aliphatic heterocycles.